The molecule has 38 valence electrons. The SMILES string of the molecule is N#CC=CS(=O)[O-]. The maximum atomic E-state index is 9.52. The number of hydrogen-bond donors (Lipinski definition) is 0. The molecule has 0 aliphatic rings. The molecule has 0 aromatic heterocycles. The van der Waals surface area contributed by atoms with Crippen LogP contribution in [0, 0.1) is 11.3 Å². The van der Waals surface area contributed by atoms with Gasteiger partial charge in [0, 0.05) is 6.08 Å². The topological polar surface area (TPSA) is 63.9 Å². The third-order valence-corrected chi connectivity index (χ3v) is 0.612. The predicted octanol–water partition coefficient (Wildman–Crippen LogP) is -0.0972. The van der Waals surface area contributed by atoms with Crippen LogP contribution in [0.15, 0.2) is 11.5 Å². The number of nitriles is 1. The summed E-state index contributed by atoms with van der Waals surface area (Å²) in [5.74, 6) is 0. The molecule has 0 radical (unpaired) electrons. The van der Waals surface area contributed by atoms with Crippen molar-refractivity contribution in [2.45, 2.75) is 0 Å². The van der Waals surface area contributed by atoms with Gasteiger partial charge in [0.15, 0.2) is 0 Å². The van der Waals surface area contributed by atoms with Crippen LogP contribution in [0.25, 0.3) is 0 Å². The summed E-state index contributed by atoms with van der Waals surface area (Å²) < 4.78 is 19.0. The van der Waals surface area contributed by atoms with Crippen molar-refractivity contribution in [1.82, 2.24) is 0 Å². The smallest absolute Gasteiger partial charge is 0.0917 e. The summed E-state index contributed by atoms with van der Waals surface area (Å²) in [6.07, 6.45) is 0.892. The summed E-state index contributed by atoms with van der Waals surface area (Å²) in [7, 11) is 0. The maximum Gasteiger partial charge on any atom is 0.0917 e. The molecule has 0 spiro atoms. The van der Waals surface area contributed by atoms with Crippen molar-refractivity contribution in [2.24, 2.45) is 0 Å². The van der Waals surface area contributed by atoms with Gasteiger partial charge in [-0.15, -0.1) is 0 Å². The fraction of sp³-hybridized carbons (Fsp3) is 0. The fourth-order valence-corrected chi connectivity index (χ4v) is 0.258. The lowest BCUT2D eigenvalue weighted by molar-refractivity contribution is 0.546. The first kappa shape index (κ1) is 6.34. The normalized spacial score (nSPS) is 13.7. The highest BCUT2D eigenvalue weighted by Crippen LogP contribution is 1.72. The van der Waals surface area contributed by atoms with Crippen LogP contribution in [-0.4, -0.2) is 8.76 Å². The van der Waals surface area contributed by atoms with E-state index in [1.165, 1.54) is 6.07 Å². The summed E-state index contributed by atoms with van der Waals surface area (Å²) >= 11 is -2.22. The van der Waals surface area contributed by atoms with E-state index in [9.17, 15) is 8.76 Å². The Balaban J connectivity index is 3.53. The molecule has 0 fully saturated rings. The lowest BCUT2D eigenvalue weighted by Crippen LogP contribution is -1.74. The summed E-state index contributed by atoms with van der Waals surface area (Å²) in [5, 5.41) is 8.48. The monoisotopic (exact) mass is 116 g/mol. The molecule has 0 aromatic rings. The molecule has 0 saturated carbocycles. The lowest BCUT2D eigenvalue weighted by Gasteiger charge is -1.89. The van der Waals surface area contributed by atoms with E-state index in [0.717, 1.165) is 11.5 Å². The molecule has 4 heteroatoms. The van der Waals surface area contributed by atoms with E-state index in [1.54, 1.807) is 0 Å². The van der Waals surface area contributed by atoms with Crippen LogP contribution < -0.4 is 0 Å². The quantitative estimate of drug-likeness (QED) is 0.355. The predicted molar refractivity (Wildman–Crippen MR) is 23.7 cm³/mol. The summed E-state index contributed by atoms with van der Waals surface area (Å²) in [6.45, 7) is 0. The van der Waals surface area contributed by atoms with Crippen molar-refractivity contribution in [3.05, 3.63) is 11.5 Å². The first-order valence-electron chi connectivity index (χ1n) is 1.41. The van der Waals surface area contributed by atoms with Gasteiger partial charge in [0.05, 0.1) is 6.07 Å². The molecule has 1 unspecified atom stereocenters. The van der Waals surface area contributed by atoms with Gasteiger partial charge in [-0.3, -0.25) is 4.21 Å². The molecule has 0 saturated heterocycles. The van der Waals surface area contributed by atoms with Crippen LogP contribution in [0.3, 0.4) is 0 Å². The Labute approximate surface area is 43.5 Å². The van der Waals surface area contributed by atoms with Crippen LogP contribution in [0.1, 0.15) is 0 Å². The number of hydrogen-bond acceptors (Lipinski definition) is 3. The number of allylic oxidation sites excluding steroid dienone is 1. The Hall–Kier alpha value is -0.660. The van der Waals surface area contributed by atoms with Crippen molar-refractivity contribution in [3.63, 3.8) is 0 Å². The molecule has 0 rings (SSSR count). The van der Waals surface area contributed by atoms with Gasteiger partial charge in [-0.25, -0.2) is 0 Å². The first-order valence-corrected chi connectivity index (χ1v) is 2.55. The van der Waals surface area contributed by atoms with E-state index in [1.807, 2.05) is 0 Å². The molecule has 7 heavy (non-hydrogen) atoms. The van der Waals surface area contributed by atoms with Gasteiger partial charge in [-0.05, 0) is 16.5 Å². The first-order chi connectivity index (χ1) is 3.27. The number of rotatable bonds is 1. The highest BCUT2D eigenvalue weighted by molar-refractivity contribution is 7.82. The third kappa shape index (κ3) is 5.34. The zero-order valence-electron chi connectivity index (χ0n) is 3.33. The van der Waals surface area contributed by atoms with Gasteiger partial charge in [0.25, 0.3) is 0 Å². The molecule has 0 bridgehead atoms. The molecule has 0 aliphatic heterocycles. The number of nitrogens with zero attached hydrogens (tertiary/aromatic N) is 1. The average molecular weight is 116 g/mol. The van der Waals surface area contributed by atoms with E-state index in [2.05, 4.69) is 0 Å². The van der Waals surface area contributed by atoms with Crippen LogP contribution in [0.2, 0.25) is 0 Å². The minimum absolute atomic E-state index is 0.778. The molecular formula is C3H2NO2S-. The molecular weight excluding hydrogens is 114 g/mol. The average Bonchev–Trinajstić information content (AvgIpc) is 1.61. The van der Waals surface area contributed by atoms with E-state index in [-0.39, 0.29) is 0 Å². The van der Waals surface area contributed by atoms with Crippen LogP contribution in [0.4, 0.5) is 0 Å². The Bertz CT molecular complexity index is 134. The second-order valence-electron chi connectivity index (χ2n) is 0.692. The Kier molecular flexibility index (Phi) is 3.19. The van der Waals surface area contributed by atoms with Crippen molar-refractivity contribution in [1.29, 1.82) is 5.26 Å². The van der Waals surface area contributed by atoms with Crippen LogP contribution in [0.5, 0.6) is 0 Å². The van der Waals surface area contributed by atoms with Gasteiger partial charge in [0.1, 0.15) is 0 Å². The van der Waals surface area contributed by atoms with Crippen molar-refractivity contribution in [2.75, 3.05) is 0 Å². The Morgan fingerprint density at radius 1 is 1.86 bits per heavy atom. The largest absolute Gasteiger partial charge is 0.769 e. The standard InChI is InChI=1S/C3H3NO2S/c4-2-1-3-7(5)6/h1,3H,(H,5,6)/p-1. The molecule has 0 heterocycles. The van der Waals surface area contributed by atoms with Gasteiger partial charge in [0.2, 0.25) is 0 Å². The highest BCUT2D eigenvalue weighted by atomic mass is 32.2. The highest BCUT2D eigenvalue weighted by Gasteiger charge is 1.62. The van der Waals surface area contributed by atoms with Crippen LogP contribution in [-0.2, 0) is 11.1 Å². The molecule has 0 amide bonds. The van der Waals surface area contributed by atoms with Crippen molar-refractivity contribution >= 4 is 11.1 Å². The van der Waals surface area contributed by atoms with Crippen LogP contribution >= 0.6 is 0 Å². The lowest BCUT2D eigenvalue weighted by atomic mass is 10.7. The zero-order valence-corrected chi connectivity index (χ0v) is 4.14. The summed E-state index contributed by atoms with van der Waals surface area (Å²) in [6, 6.07) is 1.53. The van der Waals surface area contributed by atoms with Gasteiger partial charge in [-0.1, -0.05) is 0 Å². The molecule has 3 nitrogen and oxygen atoms in total. The van der Waals surface area contributed by atoms with Crippen molar-refractivity contribution in [3.8, 4) is 6.07 Å². The minimum Gasteiger partial charge on any atom is -0.769 e. The zero-order chi connectivity index (χ0) is 5.70. The Morgan fingerprint density at radius 3 is 2.57 bits per heavy atom. The fourth-order valence-electron chi connectivity index (χ4n) is 0.0860. The van der Waals surface area contributed by atoms with Crippen molar-refractivity contribution < 1.29 is 8.76 Å². The minimum atomic E-state index is -2.22. The molecule has 0 N–H and O–H groups in total. The second-order valence-corrected chi connectivity index (χ2v) is 1.49. The summed E-state index contributed by atoms with van der Waals surface area (Å²) in [5.41, 5.74) is 0. The van der Waals surface area contributed by atoms with E-state index < -0.39 is 11.1 Å². The molecule has 0 aromatic carbocycles. The van der Waals surface area contributed by atoms with E-state index in [0.29, 0.717) is 0 Å². The Morgan fingerprint density at radius 2 is 2.43 bits per heavy atom. The van der Waals surface area contributed by atoms with Gasteiger partial charge >= 0.3 is 0 Å². The molecule has 0 aliphatic carbocycles. The third-order valence-electron chi connectivity index (χ3n) is 0.254. The van der Waals surface area contributed by atoms with Gasteiger partial charge in [-0.2, -0.15) is 5.26 Å². The molecule has 1 atom stereocenters. The van der Waals surface area contributed by atoms with E-state index >= 15 is 0 Å². The maximum absolute atomic E-state index is 9.52. The summed E-state index contributed by atoms with van der Waals surface area (Å²) in [4.78, 5) is 0. The van der Waals surface area contributed by atoms with Gasteiger partial charge < -0.3 is 4.55 Å². The second kappa shape index (κ2) is 3.53. The van der Waals surface area contributed by atoms with E-state index in [4.69, 9.17) is 5.26 Å².